The molecule has 0 fully saturated rings. The minimum atomic E-state index is -0.0285. The van der Waals surface area contributed by atoms with E-state index in [1.54, 1.807) is 0 Å². The lowest BCUT2D eigenvalue weighted by molar-refractivity contribution is 0.0911. The fraction of sp³-hybridized carbons (Fsp3) is 0.450. The van der Waals surface area contributed by atoms with Gasteiger partial charge < -0.3 is 14.4 Å². The lowest BCUT2D eigenvalue weighted by Gasteiger charge is -2.30. The molecule has 4 nitrogen and oxygen atoms in total. The summed E-state index contributed by atoms with van der Waals surface area (Å²) < 4.78 is 8.02. The normalized spacial score (nSPS) is 16.1. The van der Waals surface area contributed by atoms with Crippen molar-refractivity contribution >= 4 is 5.78 Å². The largest absolute Gasteiger partial charge is 0.491 e. The first kappa shape index (κ1) is 16.8. The van der Waals surface area contributed by atoms with Crippen LogP contribution in [-0.4, -0.2) is 28.7 Å². The third-order valence-corrected chi connectivity index (χ3v) is 4.54. The summed E-state index contributed by atoms with van der Waals surface area (Å²) in [4.78, 5) is 12.5. The summed E-state index contributed by atoms with van der Waals surface area (Å²) in [5, 5.41) is 8.96. The Labute approximate surface area is 143 Å². The molecule has 0 radical (unpaired) electrons. The minimum absolute atomic E-state index is 0.0285. The molecule has 2 aromatic rings. The second-order valence-electron chi connectivity index (χ2n) is 7.32. The molecule has 1 aliphatic carbocycles. The average molecular weight is 327 g/mol. The first-order valence-electron chi connectivity index (χ1n) is 8.50. The van der Waals surface area contributed by atoms with E-state index in [4.69, 9.17) is 9.84 Å². The summed E-state index contributed by atoms with van der Waals surface area (Å²) in [7, 11) is 0. The molecule has 1 N–H and O–H groups in total. The molecule has 1 aromatic carbocycles. The number of aromatic nitrogens is 1. The Morgan fingerprint density at radius 2 is 2.00 bits per heavy atom. The lowest BCUT2D eigenvalue weighted by atomic mass is 9.76. The maximum atomic E-state index is 12.5. The standard InChI is InChI=1S/C20H25NO3/c1-14-11-15-17(12-20(2,3)13-18(15)23)21(14)16-7-4-5-8-19(16)24-10-6-9-22/h4-5,7-8,11,22H,6,9-10,12-13H2,1-3H3. The van der Waals surface area contributed by atoms with E-state index in [1.165, 1.54) is 0 Å². The Morgan fingerprint density at radius 1 is 1.25 bits per heavy atom. The molecule has 0 bridgehead atoms. The second kappa shape index (κ2) is 6.44. The van der Waals surface area contributed by atoms with Crippen LogP contribution in [0.1, 0.15) is 48.4 Å². The molecular formula is C20H25NO3. The summed E-state index contributed by atoms with van der Waals surface area (Å²) in [6.45, 7) is 6.90. The molecule has 0 atom stereocenters. The van der Waals surface area contributed by atoms with Gasteiger partial charge in [0.05, 0.1) is 12.3 Å². The first-order valence-corrected chi connectivity index (χ1v) is 8.50. The number of para-hydroxylation sites is 2. The molecule has 128 valence electrons. The molecule has 0 saturated heterocycles. The molecule has 4 heteroatoms. The van der Waals surface area contributed by atoms with Gasteiger partial charge in [-0.05, 0) is 37.0 Å². The van der Waals surface area contributed by atoms with Crippen LogP contribution < -0.4 is 4.74 Å². The van der Waals surface area contributed by atoms with Crippen molar-refractivity contribution in [2.45, 2.75) is 40.0 Å². The topological polar surface area (TPSA) is 51.5 Å². The average Bonchev–Trinajstić information content (AvgIpc) is 2.83. The zero-order chi connectivity index (χ0) is 17.3. The number of carbonyl (C=O) groups excluding carboxylic acids is 1. The van der Waals surface area contributed by atoms with E-state index in [9.17, 15) is 4.79 Å². The highest BCUT2D eigenvalue weighted by Gasteiger charge is 2.34. The zero-order valence-electron chi connectivity index (χ0n) is 14.6. The van der Waals surface area contributed by atoms with E-state index in [2.05, 4.69) is 18.4 Å². The van der Waals surface area contributed by atoms with Crippen molar-refractivity contribution in [2.75, 3.05) is 13.2 Å². The van der Waals surface area contributed by atoms with Crippen LogP contribution in [0.25, 0.3) is 5.69 Å². The Kier molecular flexibility index (Phi) is 4.50. The predicted octanol–water partition coefficient (Wildman–Crippen LogP) is 3.70. The molecule has 0 unspecified atom stereocenters. The molecular weight excluding hydrogens is 302 g/mol. The fourth-order valence-corrected chi connectivity index (χ4v) is 3.50. The van der Waals surface area contributed by atoms with Gasteiger partial charge in [0.25, 0.3) is 0 Å². The quantitative estimate of drug-likeness (QED) is 0.852. The first-order chi connectivity index (χ1) is 11.4. The summed E-state index contributed by atoms with van der Waals surface area (Å²) >= 11 is 0. The lowest BCUT2D eigenvalue weighted by Crippen LogP contribution is -2.27. The van der Waals surface area contributed by atoms with Gasteiger partial charge in [0.2, 0.25) is 0 Å². The van der Waals surface area contributed by atoms with Crippen LogP contribution in [0.4, 0.5) is 0 Å². The van der Waals surface area contributed by atoms with Crippen molar-refractivity contribution in [1.82, 2.24) is 4.57 Å². The summed E-state index contributed by atoms with van der Waals surface area (Å²) in [6.07, 6.45) is 2.06. The fourth-order valence-electron chi connectivity index (χ4n) is 3.50. The number of ether oxygens (including phenoxy) is 1. The number of rotatable bonds is 5. The van der Waals surface area contributed by atoms with Crippen LogP contribution in [0, 0.1) is 12.3 Å². The van der Waals surface area contributed by atoms with Crippen LogP contribution >= 0.6 is 0 Å². The minimum Gasteiger partial charge on any atom is -0.491 e. The smallest absolute Gasteiger partial charge is 0.165 e. The molecule has 0 amide bonds. The van der Waals surface area contributed by atoms with Crippen molar-refractivity contribution in [3.63, 3.8) is 0 Å². The number of aryl methyl sites for hydroxylation is 1. The maximum Gasteiger partial charge on any atom is 0.165 e. The number of hydrogen-bond donors (Lipinski definition) is 1. The van der Waals surface area contributed by atoms with E-state index in [0.29, 0.717) is 19.4 Å². The molecule has 1 aliphatic rings. The van der Waals surface area contributed by atoms with Gasteiger partial charge in [-0.3, -0.25) is 4.79 Å². The third kappa shape index (κ3) is 3.11. The summed E-state index contributed by atoms with van der Waals surface area (Å²) in [5.74, 6) is 1.00. The maximum absolute atomic E-state index is 12.5. The van der Waals surface area contributed by atoms with Crippen LogP contribution in [0.5, 0.6) is 5.75 Å². The zero-order valence-corrected chi connectivity index (χ0v) is 14.6. The predicted molar refractivity (Wildman–Crippen MR) is 94.1 cm³/mol. The molecule has 24 heavy (non-hydrogen) atoms. The van der Waals surface area contributed by atoms with Crippen molar-refractivity contribution < 1.29 is 14.6 Å². The number of hydrogen-bond acceptors (Lipinski definition) is 3. The van der Waals surface area contributed by atoms with E-state index in [0.717, 1.165) is 34.8 Å². The number of carbonyl (C=O) groups is 1. The number of nitrogens with zero attached hydrogens (tertiary/aromatic N) is 1. The van der Waals surface area contributed by atoms with Crippen molar-refractivity contribution in [3.05, 3.63) is 47.3 Å². The van der Waals surface area contributed by atoms with Gasteiger partial charge in [-0.15, -0.1) is 0 Å². The van der Waals surface area contributed by atoms with Crippen LogP contribution in [0.15, 0.2) is 30.3 Å². The molecule has 0 spiro atoms. The Bertz CT molecular complexity index is 758. The van der Waals surface area contributed by atoms with E-state index in [1.807, 2.05) is 37.3 Å². The van der Waals surface area contributed by atoms with E-state index in [-0.39, 0.29) is 17.8 Å². The van der Waals surface area contributed by atoms with Gasteiger partial charge in [-0.2, -0.15) is 0 Å². The Hall–Kier alpha value is -2.07. The second-order valence-corrected chi connectivity index (χ2v) is 7.32. The van der Waals surface area contributed by atoms with Gasteiger partial charge in [0.1, 0.15) is 5.75 Å². The molecule has 1 aromatic heterocycles. The van der Waals surface area contributed by atoms with Gasteiger partial charge in [-0.1, -0.05) is 26.0 Å². The van der Waals surface area contributed by atoms with Gasteiger partial charge >= 0.3 is 0 Å². The number of Topliss-reactive ketones (excluding diaryl/α,β-unsaturated/α-hetero) is 1. The summed E-state index contributed by atoms with van der Waals surface area (Å²) in [5.41, 5.74) is 3.90. The Morgan fingerprint density at radius 3 is 2.75 bits per heavy atom. The molecule has 1 heterocycles. The van der Waals surface area contributed by atoms with Crippen LogP contribution in [0.3, 0.4) is 0 Å². The van der Waals surface area contributed by atoms with Crippen molar-refractivity contribution in [2.24, 2.45) is 5.41 Å². The number of ketones is 1. The monoisotopic (exact) mass is 327 g/mol. The van der Waals surface area contributed by atoms with Gasteiger partial charge in [0, 0.05) is 36.4 Å². The summed E-state index contributed by atoms with van der Waals surface area (Å²) in [6, 6.07) is 9.88. The van der Waals surface area contributed by atoms with Gasteiger partial charge in [-0.25, -0.2) is 0 Å². The van der Waals surface area contributed by atoms with E-state index < -0.39 is 0 Å². The number of fused-ring (bicyclic) bond motifs is 1. The Balaban J connectivity index is 2.07. The number of aliphatic hydroxyl groups excluding tert-OH is 1. The highest BCUT2D eigenvalue weighted by molar-refractivity contribution is 5.99. The highest BCUT2D eigenvalue weighted by atomic mass is 16.5. The number of aliphatic hydroxyl groups is 1. The number of benzene rings is 1. The SMILES string of the molecule is Cc1cc2c(n1-c1ccccc1OCCCO)CC(C)(C)CC2=O. The van der Waals surface area contributed by atoms with Crippen molar-refractivity contribution in [1.29, 1.82) is 0 Å². The van der Waals surface area contributed by atoms with E-state index >= 15 is 0 Å². The molecule has 0 aliphatic heterocycles. The molecule has 0 saturated carbocycles. The van der Waals surface area contributed by atoms with Crippen molar-refractivity contribution in [3.8, 4) is 11.4 Å². The highest BCUT2D eigenvalue weighted by Crippen LogP contribution is 2.38. The van der Waals surface area contributed by atoms with Gasteiger partial charge in [0.15, 0.2) is 5.78 Å². The molecule has 3 rings (SSSR count). The van der Waals surface area contributed by atoms with Crippen LogP contribution in [0.2, 0.25) is 0 Å². The third-order valence-electron chi connectivity index (χ3n) is 4.54. The van der Waals surface area contributed by atoms with Crippen LogP contribution in [-0.2, 0) is 6.42 Å².